The van der Waals surface area contributed by atoms with Crippen molar-refractivity contribution in [3.63, 3.8) is 0 Å². The fraction of sp³-hybridized carbons (Fsp3) is 0.429. The zero-order valence-electron chi connectivity index (χ0n) is 37.9. The van der Waals surface area contributed by atoms with Gasteiger partial charge in [-0.1, -0.05) is 43.2 Å². The molecule has 1 amide bonds. The largest absolute Gasteiger partial charge is 0.455 e. The van der Waals surface area contributed by atoms with Crippen LogP contribution in [0.3, 0.4) is 0 Å². The first-order valence-corrected chi connectivity index (χ1v) is 24.7. The van der Waals surface area contributed by atoms with Gasteiger partial charge in [0.05, 0.1) is 27.7 Å². The zero-order chi connectivity index (χ0) is 46.4. The number of nitrogens with zero attached hydrogens (tertiary/aromatic N) is 5. The van der Waals surface area contributed by atoms with Crippen molar-refractivity contribution in [2.24, 2.45) is 5.41 Å². The maximum atomic E-state index is 14.0. The van der Waals surface area contributed by atoms with E-state index in [1.807, 2.05) is 25.1 Å². The van der Waals surface area contributed by atoms with Gasteiger partial charge in [0.2, 0.25) is 0 Å². The number of aromatic nitrogens is 2. The summed E-state index contributed by atoms with van der Waals surface area (Å²) < 4.78 is 41.7. The molecule has 0 spiro atoms. The second-order valence-electron chi connectivity index (χ2n) is 18.2. The molecular weight excluding hydrogens is 880 g/mol. The minimum Gasteiger partial charge on any atom is -0.455 e. The van der Waals surface area contributed by atoms with Crippen LogP contribution >= 0.6 is 11.6 Å². The molecule has 0 radical (unpaired) electrons. The van der Waals surface area contributed by atoms with E-state index in [4.69, 9.17) is 21.1 Å². The van der Waals surface area contributed by atoms with Crippen LogP contribution in [-0.2, 0) is 14.8 Å². The first-order chi connectivity index (χ1) is 31.7. The van der Waals surface area contributed by atoms with Gasteiger partial charge in [-0.3, -0.25) is 19.8 Å². The third-order valence-corrected chi connectivity index (χ3v) is 14.5. The summed E-state index contributed by atoms with van der Waals surface area (Å²) in [7, 11) is -4.57. The molecule has 4 heterocycles. The normalized spacial score (nSPS) is 17.5. The Morgan fingerprint density at radius 1 is 0.985 bits per heavy atom. The molecule has 8 rings (SSSR count). The number of piperazine rings is 1. The van der Waals surface area contributed by atoms with Gasteiger partial charge < -0.3 is 29.6 Å². The molecule has 3 N–H and O–H groups in total. The molecule has 66 heavy (non-hydrogen) atoms. The average molecular weight is 940 g/mol. The van der Waals surface area contributed by atoms with Crippen LogP contribution in [-0.4, -0.2) is 111 Å². The van der Waals surface area contributed by atoms with Crippen molar-refractivity contribution >= 4 is 61.2 Å². The van der Waals surface area contributed by atoms with Gasteiger partial charge >= 0.3 is 0 Å². The standard InChI is InChI=1S/C49H59ClN8O7S/c1-4-64-39-16-22-55(23-17-39)21-5-19-51-44-13-11-41(30-45(44)58(60)61)66(62,63)54-48(59)42-12-10-38(29-46(42)65-40-28-35-15-20-52-47(35)53-32-40)57-26-24-56(25-27-57)33-36-14-18-49(2,3)31-43(36)34-6-8-37(50)9-7-34/h6-13,15,20,28-30,32,39,51H,4-5,14,16-19,21-27,31,33H2,1-3H3,(H,52,53)(H,54,59). The van der Waals surface area contributed by atoms with Crippen LogP contribution < -0.4 is 19.7 Å². The van der Waals surface area contributed by atoms with Crippen molar-refractivity contribution in [2.75, 3.05) is 75.7 Å². The predicted molar refractivity (Wildman–Crippen MR) is 259 cm³/mol. The number of H-pyrrole nitrogens is 1. The molecule has 0 atom stereocenters. The number of carbonyl (C=O) groups excluding carboxylic acids is 1. The van der Waals surface area contributed by atoms with E-state index in [1.165, 1.54) is 35.0 Å². The Kier molecular flexibility index (Phi) is 14.6. The highest BCUT2D eigenvalue weighted by Gasteiger charge is 2.31. The minimum atomic E-state index is -4.57. The smallest absolute Gasteiger partial charge is 0.293 e. The summed E-state index contributed by atoms with van der Waals surface area (Å²) in [4.78, 5) is 39.7. The Bertz CT molecular complexity index is 2670. The van der Waals surface area contributed by atoms with Crippen LogP contribution in [0.5, 0.6) is 11.5 Å². The number of aromatic amines is 1. The molecule has 3 aliphatic rings. The highest BCUT2D eigenvalue weighted by Crippen LogP contribution is 2.43. The fourth-order valence-electron chi connectivity index (χ4n) is 9.26. The van der Waals surface area contributed by atoms with Crippen molar-refractivity contribution in [1.82, 2.24) is 24.5 Å². The lowest BCUT2D eigenvalue weighted by Gasteiger charge is -2.39. The van der Waals surface area contributed by atoms with Gasteiger partial charge in [0.1, 0.15) is 22.8 Å². The quantitative estimate of drug-likeness (QED) is 0.0459. The van der Waals surface area contributed by atoms with Crippen molar-refractivity contribution in [1.29, 1.82) is 0 Å². The zero-order valence-corrected chi connectivity index (χ0v) is 39.4. The van der Waals surface area contributed by atoms with Crippen LogP contribution in [0.25, 0.3) is 16.6 Å². The lowest BCUT2D eigenvalue weighted by molar-refractivity contribution is -0.384. The molecule has 3 aromatic carbocycles. The molecule has 17 heteroatoms. The Hall–Kier alpha value is -5.52. The second-order valence-corrected chi connectivity index (χ2v) is 20.3. The number of nitrogens with one attached hydrogen (secondary N) is 3. The molecule has 5 aromatic rings. The molecule has 1 aliphatic carbocycles. The highest BCUT2D eigenvalue weighted by molar-refractivity contribution is 7.90. The van der Waals surface area contributed by atoms with Gasteiger partial charge in [0.15, 0.2) is 0 Å². The molecule has 0 unspecified atom stereocenters. The summed E-state index contributed by atoms with van der Waals surface area (Å²) in [5, 5.41) is 16.8. The number of benzene rings is 3. The van der Waals surface area contributed by atoms with Crippen LogP contribution in [0.1, 0.15) is 75.2 Å². The number of nitro groups is 1. The molecule has 2 aliphatic heterocycles. The van der Waals surface area contributed by atoms with E-state index in [0.717, 1.165) is 113 Å². The summed E-state index contributed by atoms with van der Waals surface area (Å²) in [6, 6.07) is 20.5. The molecule has 0 saturated carbocycles. The van der Waals surface area contributed by atoms with Crippen LogP contribution in [0.2, 0.25) is 5.02 Å². The van der Waals surface area contributed by atoms with Crippen molar-refractivity contribution in [3.8, 4) is 11.5 Å². The summed E-state index contributed by atoms with van der Waals surface area (Å²) in [6.07, 6.45) is 9.48. The van der Waals surface area contributed by atoms with Gasteiger partial charge in [-0.05, 0) is 117 Å². The number of carbonyl (C=O) groups is 1. The molecule has 2 saturated heterocycles. The number of anilines is 2. The van der Waals surface area contributed by atoms with Gasteiger partial charge in [-0.25, -0.2) is 18.1 Å². The summed E-state index contributed by atoms with van der Waals surface area (Å²) in [5.74, 6) is -0.468. The maximum absolute atomic E-state index is 14.0. The Labute approximate surface area is 391 Å². The van der Waals surface area contributed by atoms with Crippen LogP contribution in [0.4, 0.5) is 17.1 Å². The average Bonchev–Trinajstić information content (AvgIpc) is 3.77. The number of sulfonamides is 1. The first-order valence-electron chi connectivity index (χ1n) is 22.9. The highest BCUT2D eigenvalue weighted by atomic mass is 35.5. The molecule has 2 fully saturated rings. The number of hydrogen-bond donors (Lipinski definition) is 3. The molecule has 350 valence electrons. The SMILES string of the molecule is CCOC1CCN(CCCNc2ccc(S(=O)(=O)NC(=O)c3ccc(N4CCN(CC5=C(c6ccc(Cl)cc6)CC(C)(C)CC5)CC4)cc3Oc3cnc4[nH]ccc4c3)cc2[N+](=O)[O-])CC1. The van der Waals surface area contributed by atoms with Gasteiger partial charge in [-0.2, -0.15) is 0 Å². The first kappa shape index (κ1) is 47.0. The van der Waals surface area contributed by atoms with E-state index in [9.17, 15) is 23.3 Å². The number of hydrogen-bond acceptors (Lipinski definition) is 12. The number of likely N-dealkylation sites (tertiary alicyclic amines) is 1. The second kappa shape index (κ2) is 20.6. The number of ether oxygens (including phenoxy) is 2. The maximum Gasteiger partial charge on any atom is 0.293 e. The van der Waals surface area contributed by atoms with Gasteiger partial charge in [0, 0.05) is 93.4 Å². The van der Waals surface area contributed by atoms with E-state index < -0.39 is 31.4 Å². The summed E-state index contributed by atoms with van der Waals surface area (Å²) in [5.41, 5.74) is 5.55. The Morgan fingerprint density at radius 3 is 2.50 bits per heavy atom. The van der Waals surface area contributed by atoms with Crippen LogP contribution in [0, 0.1) is 15.5 Å². The number of fused-ring (bicyclic) bond motifs is 1. The monoisotopic (exact) mass is 938 g/mol. The van der Waals surface area contributed by atoms with E-state index in [2.05, 4.69) is 60.7 Å². The molecule has 15 nitrogen and oxygen atoms in total. The van der Waals surface area contributed by atoms with Gasteiger partial charge in [-0.15, -0.1) is 0 Å². The van der Waals surface area contributed by atoms with Crippen molar-refractivity contribution in [3.05, 3.63) is 117 Å². The lowest BCUT2D eigenvalue weighted by Crippen LogP contribution is -2.47. The molecule has 2 aromatic heterocycles. The number of allylic oxidation sites excluding steroid dienone is 1. The predicted octanol–water partition coefficient (Wildman–Crippen LogP) is 9.12. The third kappa shape index (κ3) is 11.5. The van der Waals surface area contributed by atoms with E-state index in [1.54, 1.807) is 30.5 Å². The minimum absolute atomic E-state index is 0.0353. The van der Waals surface area contributed by atoms with Crippen molar-refractivity contribution < 1.29 is 27.6 Å². The number of rotatable bonds is 17. The third-order valence-electron chi connectivity index (χ3n) is 12.9. The molecular formula is C49H59ClN8O7S. The Morgan fingerprint density at radius 2 is 1.76 bits per heavy atom. The number of pyridine rings is 1. The summed E-state index contributed by atoms with van der Waals surface area (Å²) in [6.45, 7) is 14.5. The number of nitro benzene ring substituents is 1. The van der Waals surface area contributed by atoms with E-state index >= 15 is 0 Å². The lowest BCUT2D eigenvalue weighted by atomic mass is 9.72. The van der Waals surface area contributed by atoms with Crippen molar-refractivity contribution in [2.45, 2.75) is 70.3 Å². The summed E-state index contributed by atoms with van der Waals surface area (Å²) >= 11 is 6.25. The van der Waals surface area contributed by atoms with E-state index in [0.29, 0.717) is 30.7 Å². The molecule has 0 bridgehead atoms. The fourth-order valence-corrected chi connectivity index (χ4v) is 10.4. The number of amides is 1. The number of piperidine rings is 1. The van der Waals surface area contributed by atoms with Gasteiger partial charge in [0.25, 0.3) is 21.6 Å². The van der Waals surface area contributed by atoms with Crippen LogP contribution in [0.15, 0.2) is 95.7 Å². The van der Waals surface area contributed by atoms with E-state index in [-0.39, 0.29) is 22.4 Å². The number of halogens is 1. The Balaban J connectivity index is 0.956. The topological polar surface area (TPSA) is 175 Å².